The Kier molecular flexibility index (Phi) is 6.81. The van der Waals surface area contributed by atoms with Gasteiger partial charge in [0.2, 0.25) is 0 Å². The minimum absolute atomic E-state index is 0.372. The lowest BCUT2D eigenvalue weighted by atomic mass is 9.99. The van der Waals surface area contributed by atoms with Crippen molar-refractivity contribution in [3.8, 4) is 0 Å². The van der Waals surface area contributed by atoms with Gasteiger partial charge in [-0.3, -0.25) is 14.4 Å². The van der Waals surface area contributed by atoms with E-state index in [1.165, 1.54) is 6.92 Å². The van der Waals surface area contributed by atoms with Gasteiger partial charge in [0.25, 0.3) is 0 Å². The van der Waals surface area contributed by atoms with E-state index in [0.29, 0.717) is 4.43 Å². The third kappa shape index (κ3) is 5.08. The standard InChI is InChI=1S/C12H17IO8/c1-5(14)18-9-8(4-13)21-12(17)11(20-7(3)16)10(9)19-6(2)15/h8-12,17H,4H2,1-3H3/t8-,9-,10+,11+,12-/m0/s1. The lowest BCUT2D eigenvalue weighted by Gasteiger charge is -2.42. The minimum atomic E-state index is -1.48. The zero-order valence-electron chi connectivity index (χ0n) is 11.8. The van der Waals surface area contributed by atoms with Gasteiger partial charge in [0, 0.05) is 25.2 Å². The quantitative estimate of drug-likeness (QED) is 0.294. The average molecular weight is 416 g/mol. The van der Waals surface area contributed by atoms with Crippen LogP contribution in [0.5, 0.6) is 0 Å². The second kappa shape index (κ2) is 7.90. The van der Waals surface area contributed by atoms with Crippen LogP contribution in [0.1, 0.15) is 20.8 Å². The summed E-state index contributed by atoms with van der Waals surface area (Å²) < 4.78 is 20.8. The van der Waals surface area contributed by atoms with E-state index in [0.717, 1.165) is 13.8 Å². The number of esters is 3. The van der Waals surface area contributed by atoms with Gasteiger partial charge in [0.05, 0.1) is 0 Å². The second-order valence-electron chi connectivity index (χ2n) is 4.44. The molecule has 0 radical (unpaired) electrons. The van der Waals surface area contributed by atoms with Gasteiger partial charge < -0.3 is 24.1 Å². The molecule has 8 nitrogen and oxygen atoms in total. The number of hydrogen-bond acceptors (Lipinski definition) is 8. The largest absolute Gasteiger partial charge is 0.456 e. The third-order valence-electron chi connectivity index (χ3n) is 2.67. The number of carbonyl (C=O) groups excluding carboxylic acids is 3. The van der Waals surface area contributed by atoms with Crippen molar-refractivity contribution in [3.05, 3.63) is 0 Å². The molecule has 0 spiro atoms. The summed E-state index contributed by atoms with van der Waals surface area (Å²) in [5.74, 6) is -1.95. The van der Waals surface area contributed by atoms with Gasteiger partial charge in [-0.2, -0.15) is 0 Å². The maximum atomic E-state index is 11.2. The SMILES string of the molecule is CC(=O)O[C@@H]1[C@@H](OC(C)=O)[C@H](CI)O[C@H](O)[C@@H]1OC(C)=O. The van der Waals surface area contributed by atoms with Crippen LogP contribution in [-0.2, 0) is 33.3 Å². The Morgan fingerprint density at radius 2 is 1.38 bits per heavy atom. The van der Waals surface area contributed by atoms with E-state index in [-0.39, 0.29) is 0 Å². The maximum absolute atomic E-state index is 11.2. The molecule has 0 unspecified atom stereocenters. The minimum Gasteiger partial charge on any atom is -0.456 e. The third-order valence-corrected chi connectivity index (χ3v) is 3.54. The number of halogens is 1. The second-order valence-corrected chi connectivity index (χ2v) is 5.32. The molecule has 5 atom stereocenters. The van der Waals surface area contributed by atoms with E-state index < -0.39 is 48.6 Å². The van der Waals surface area contributed by atoms with Crippen LogP contribution in [0.15, 0.2) is 0 Å². The summed E-state index contributed by atoms with van der Waals surface area (Å²) in [7, 11) is 0. The number of aliphatic hydroxyl groups is 1. The maximum Gasteiger partial charge on any atom is 0.303 e. The van der Waals surface area contributed by atoms with E-state index in [1.807, 2.05) is 22.6 Å². The van der Waals surface area contributed by atoms with Gasteiger partial charge in [0.1, 0.15) is 6.10 Å². The van der Waals surface area contributed by atoms with Crippen molar-refractivity contribution in [2.24, 2.45) is 0 Å². The Balaban J connectivity index is 3.08. The molecule has 0 aromatic heterocycles. The highest BCUT2D eigenvalue weighted by atomic mass is 127. The van der Waals surface area contributed by atoms with Crippen LogP contribution in [0.25, 0.3) is 0 Å². The van der Waals surface area contributed by atoms with Crippen LogP contribution in [0.4, 0.5) is 0 Å². The monoisotopic (exact) mass is 416 g/mol. The van der Waals surface area contributed by atoms with Crippen molar-refractivity contribution in [1.29, 1.82) is 0 Å². The molecule has 0 bridgehead atoms. The van der Waals surface area contributed by atoms with Gasteiger partial charge in [-0.25, -0.2) is 0 Å². The highest BCUT2D eigenvalue weighted by molar-refractivity contribution is 14.1. The van der Waals surface area contributed by atoms with Gasteiger partial charge in [-0.1, -0.05) is 22.6 Å². The molecule has 0 aromatic carbocycles. The van der Waals surface area contributed by atoms with Gasteiger partial charge in [-0.15, -0.1) is 0 Å². The summed E-state index contributed by atoms with van der Waals surface area (Å²) in [5, 5.41) is 9.92. The van der Waals surface area contributed by atoms with Crippen LogP contribution >= 0.6 is 22.6 Å². The molecule has 1 fully saturated rings. The molecular weight excluding hydrogens is 399 g/mol. The first-order valence-corrected chi connectivity index (χ1v) is 7.70. The van der Waals surface area contributed by atoms with Crippen molar-refractivity contribution in [2.75, 3.05) is 4.43 Å². The topological polar surface area (TPSA) is 108 Å². The van der Waals surface area contributed by atoms with Crippen molar-refractivity contribution in [3.63, 3.8) is 0 Å². The molecule has 1 rings (SSSR count). The molecule has 1 N–H and O–H groups in total. The molecule has 1 saturated heterocycles. The predicted octanol–water partition coefficient (Wildman–Crippen LogP) is -0.0663. The first kappa shape index (κ1) is 18.1. The molecule has 0 amide bonds. The molecule has 21 heavy (non-hydrogen) atoms. The van der Waals surface area contributed by atoms with Gasteiger partial charge in [-0.05, 0) is 0 Å². The van der Waals surface area contributed by atoms with Crippen molar-refractivity contribution >= 4 is 40.5 Å². The van der Waals surface area contributed by atoms with E-state index in [4.69, 9.17) is 18.9 Å². The van der Waals surface area contributed by atoms with Crippen LogP contribution in [0.2, 0.25) is 0 Å². The molecule has 1 aliphatic heterocycles. The summed E-state index contributed by atoms with van der Waals surface area (Å²) in [6, 6.07) is 0. The Labute approximate surface area is 135 Å². The highest BCUT2D eigenvalue weighted by Gasteiger charge is 2.50. The van der Waals surface area contributed by atoms with Crippen LogP contribution in [-0.4, -0.2) is 58.1 Å². The first-order valence-electron chi connectivity index (χ1n) is 6.17. The number of ether oxygens (including phenoxy) is 4. The van der Waals surface area contributed by atoms with E-state index in [9.17, 15) is 19.5 Å². The zero-order chi connectivity index (χ0) is 16.2. The van der Waals surface area contributed by atoms with E-state index >= 15 is 0 Å². The first-order chi connectivity index (χ1) is 9.76. The number of aliphatic hydroxyl groups excluding tert-OH is 1. The molecule has 0 aromatic rings. The van der Waals surface area contributed by atoms with Crippen LogP contribution in [0, 0.1) is 0 Å². The van der Waals surface area contributed by atoms with Crippen molar-refractivity contribution < 1.29 is 38.4 Å². The smallest absolute Gasteiger partial charge is 0.303 e. The number of alkyl halides is 1. The average Bonchev–Trinajstić information content (AvgIpc) is 2.35. The molecular formula is C12H17IO8. The molecule has 1 aliphatic rings. The molecule has 0 aliphatic carbocycles. The van der Waals surface area contributed by atoms with Crippen molar-refractivity contribution in [2.45, 2.75) is 51.5 Å². The normalized spacial score (nSPS) is 32.1. The number of rotatable bonds is 4. The Morgan fingerprint density at radius 1 is 0.952 bits per heavy atom. The van der Waals surface area contributed by atoms with Gasteiger partial charge >= 0.3 is 17.9 Å². The summed E-state index contributed by atoms with van der Waals surface area (Å²) in [6.45, 7) is 3.50. The molecule has 1 heterocycles. The summed E-state index contributed by atoms with van der Waals surface area (Å²) in [4.78, 5) is 33.6. The number of hydrogen-bond donors (Lipinski definition) is 1. The van der Waals surface area contributed by atoms with Crippen LogP contribution in [0.3, 0.4) is 0 Å². The molecule has 120 valence electrons. The Morgan fingerprint density at radius 3 is 1.81 bits per heavy atom. The fourth-order valence-electron chi connectivity index (χ4n) is 2.00. The van der Waals surface area contributed by atoms with E-state index in [2.05, 4.69) is 0 Å². The lowest BCUT2D eigenvalue weighted by Crippen LogP contribution is -2.61. The molecule has 9 heteroatoms. The predicted molar refractivity (Wildman–Crippen MR) is 76.4 cm³/mol. The fourth-order valence-corrected chi connectivity index (χ4v) is 2.70. The Hall–Kier alpha value is -0.940. The summed E-state index contributed by atoms with van der Waals surface area (Å²) in [6.07, 6.45) is -5.56. The number of carbonyl (C=O) groups is 3. The van der Waals surface area contributed by atoms with Crippen LogP contribution < -0.4 is 0 Å². The summed E-state index contributed by atoms with van der Waals surface area (Å²) in [5.41, 5.74) is 0. The van der Waals surface area contributed by atoms with Gasteiger partial charge in [0.15, 0.2) is 24.6 Å². The zero-order valence-corrected chi connectivity index (χ0v) is 13.9. The summed E-state index contributed by atoms with van der Waals surface area (Å²) >= 11 is 1.98. The highest BCUT2D eigenvalue weighted by Crippen LogP contribution is 2.28. The lowest BCUT2D eigenvalue weighted by molar-refractivity contribution is -0.286. The van der Waals surface area contributed by atoms with Crippen molar-refractivity contribution in [1.82, 2.24) is 0 Å². The molecule has 0 saturated carbocycles. The fraction of sp³-hybridized carbons (Fsp3) is 0.750. The Bertz CT molecular complexity index is 412. The van der Waals surface area contributed by atoms with E-state index in [1.54, 1.807) is 0 Å².